The molecular weight excluding hydrogens is 211 g/mol. The van der Waals surface area contributed by atoms with Crippen LogP contribution in [0.5, 0.6) is 0 Å². The van der Waals surface area contributed by atoms with Crippen LogP contribution in [0.4, 0.5) is 13.2 Å². The van der Waals surface area contributed by atoms with Crippen LogP contribution < -0.4 is 5.32 Å². The van der Waals surface area contributed by atoms with Crippen LogP contribution in [0.1, 0.15) is 26.2 Å². The standard InChI is InChI=1S/C9H16F3NS/c1-7(5-9(10,11)12)13-8-3-2-4-14-6-8/h7-8,13H,2-6H2,1H3. The SMILES string of the molecule is CC(CC(F)(F)F)NC1CCCSC1. The summed E-state index contributed by atoms with van der Waals surface area (Å²) in [6.45, 7) is 1.60. The summed E-state index contributed by atoms with van der Waals surface area (Å²) in [7, 11) is 0. The fraction of sp³-hybridized carbons (Fsp3) is 1.00. The lowest BCUT2D eigenvalue weighted by Crippen LogP contribution is -2.41. The van der Waals surface area contributed by atoms with Gasteiger partial charge in [0.05, 0.1) is 6.42 Å². The number of halogens is 3. The molecular formula is C9H16F3NS. The van der Waals surface area contributed by atoms with E-state index in [4.69, 9.17) is 0 Å². The van der Waals surface area contributed by atoms with Gasteiger partial charge in [0.2, 0.25) is 0 Å². The Morgan fingerprint density at radius 1 is 1.50 bits per heavy atom. The van der Waals surface area contributed by atoms with Crippen molar-refractivity contribution in [1.29, 1.82) is 0 Å². The molecule has 0 aromatic heterocycles. The summed E-state index contributed by atoms with van der Waals surface area (Å²) < 4.78 is 36.0. The van der Waals surface area contributed by atoms with Crippen molar-refractivity contribution in [2.45, 2.75) is 44.4 Å². The summed E-state index contributed by atoms with van der Waals surface area (Å²) in [6, 6.07) is -0.190. The maximum atomic E-state index is 12.0. The van der Waals surface area contributed by atoms with Gasteiger partial charge in [-0.05, 0) is 25.5 Å². The first-order chi connectivity index (χ1) is 6.47. The Morgan fingerprint density at radius 3 is 2.71 bits per heavy atom. The van der Waals surface area contributed by atoms with Gasteiger partial charge in [0.15, 0.2) is 0 Å². The zero-order chi connectivity index (χ0) is 10.6. The smallest absolute Gasteiger partial charge is 0.310 e. The Bertz CT molecular complexity index is 166. The Labute approximate surface area is 86.8 Å². The first-order valence-corrected chi connectivity index (χ1v) is 6.03. The number of hydrogen-bond acceptors (Lipinski definition) is 2. The lowest BCUT2D eigenvalue weighted by molar-refractivity contribution is -0.139. The molecule has 1 rings (SSSR count). The Balaban J connectivity index is 2.21. The largest absolute Gasteiger partial charge is 0.390 e. The predicted octanol–water partition coefficient (Wildman–Crippen LogP) is 2.81. The highest BCUT2D eigenvalue weighted by Crippen LogP contribution is 2.23. The van der Waals surface area contributed by atoms with E-state index in [1.54, 1.807) is 6.92 Å². The molecule has 1 aliphatic rings. The van der Waals surface area contributed by atoms with E-state index < -0.39 is 18.6 Å². The zero-order valence-electron chi connectivity index (χ0n) is 8.23. The molecule has 1 N–H and O–H groups in total. The molecule has 5 heteroatoms. The normalized spacial score (nSPS) is 26.1. The van der Waals surface area contributed by atoms with Gasteiger partial charge in [-0.25, -0.2) is 0 Å². The maximum absolute atomic E-state index is 12.0. The van der Waals surface area contributed by atoms with Crippen LogP contribution >= 0.6 is 11.8 Å². The lowest BCUT2D eigenvalue weighted by atomic mass is 10.1. The molecule has 0 aliphatic carbocycles. The molecule has 14 heavy (non-hydrogen) atoms. The van der Waals surface area contributed by atoms with Gasteiger partial charge in [0.25, 0.3) is 0 Å². The molecule has 2 atom stereocenters. The topological polar surface area (TPSA) is 12.0 Å². The molecule has 2 unspecified atom stereocenters. The fourth-order valence-corrected chi connectivity index (χ4v) is 2.77. The van der Waals surface area contributed by atoms with Crippen molar-refractivity contribution in [3.63, 3.8) is 0 Å². The van der Waals surface area contributed by atoms with Crippen molar-refractivity contribution < 1.29 is 13.2 Å². The lowest BCUT2D eigenvalue weighted by Gasteiger charge is -2.26. The number of nitrogens with one attached hydrogen (secondary N) is 1. The summed E-state index contributed by atoms with van der Waals surface area (Å²) >= 11 is 1.82. The van der Waals surface area contributed by atoms with E-state index in [1.807, 2.05) is 11.8 Å². The molecule has 0 aromatic rings. The molecule has 0 bridgehead atoms. The maximum Gasteiger partial charge on any atom is 0.390 e. The minimum atomic E-state index is -4.05. The molecule has 0 saturated carbocycles. The van der Waals surface area contributed by atoms with Crippen molar-refractivity contribution >= 4 is 11.8 Å². The molecule has 0 radical (unpaired) electrons. The Kier molecular flexibility index (Phi) is 4.57. The molecule has 0 amide bonds. The highest BCUT2D eigenvalue weighted by molar-refractivity contribution is 7.99. The predicted molar refractivity (Wildman–Crippen MR) is 53.6 cm³/mol. The van der Waals surface area contributed by atoms with Gasteiger partial charge in [-0.3, -0.25) is 0 Å². The highest BCUT2D eigenvalue weighted by atomic mass is 32.2. The van der Waals surface area contributed by atoms with Gasteiger partial charge in [-0.1, -0.05) is 0 Å². The van der Waals surface area contributed by atoms with Crippen molar-refractivity contribution in [2.24, 2.45) is 0 Å². The van der Waals surface area contributed by atoms with Gasteiger partial charge in [-0.2, -0.15) is 24.9 Å². The molecule has 1 fully saturated rings. The van der Waals surface area contributed by atoms with E-state index >= 15 is 0 Å². The monoisotopic (exact) mass is 227 g/mol. The van der Waals surface area contributed by atoms with Gasteiger partial charge in [0, 0.05) is 17.8 Å². The third kappa shape index (κ3) is 5.10. The van der Waals surface area contributed by atoms with Crippen LogP contribution in [0.15, 0.2) is 0 Å². The number of hydrogen-bond donors (Lipinski definition) is 1. The quantitative estimate of drug-likeness (QED) is 0.795. The van der Waals surface area contributed by atoms with Crippen LogP contribution in [0.25, 0.3) is 0 Å². The van der Waals surface area contributed by atoms with Gasteiger partial charge in [-0.15, -0.1) is 0 Å². The number of alkyl halides is 3. The van der Waals surface area contributed by atoms with Crippen LogP contribution in [0.3, 0.4) is 0 Å². The third-order valence-electron chi connectivity index (χ3n) is 2.22. The van der Waals surface area contributed by atoms with Crippen molar-refractivity contribution in [2.75, 3.05) is 11.5 Å². The average molecular weight is 227 g/mol. The minimum Gasteiger partial charge on any atom is -0.310 e. The van der Waals surface area contributed by atoms with E-state index in [9.17, 15) is 13.2 Å². The molecule has 1 saturated heterocycles. The van der Waals surface area contributed by atoms with Crippen molar-refractivity contribution in [3.8, 4) is 0 Å². The third-order valence-corrected chi connectivity index (χ3v) is 3.43. The molecule has 84 valence electrons. The molecule has 1 aliphatic heterocycles. The van der Waals surface area contributed by atoms with E-state index in [0.29, 0.717) is 0 Å². The fourth-order valence-electron chi connectivity index (χ4n) is 1.68. The second kappa shape index (κ2) is 5.26. The zero-order valence-corrected chi connectivity index (χ0v) is 9.05. The average Bonchev–Trinajstić information content (AvgIpc) is 2.02. The Hall–Kier alpha value is 0.100. The number of rotatable bonds is 3. The van der Waals surface area contributed by atoms with E-state index in [0.717, 1.165) is 24.3 Å². The van der Waals surface area contributed by atoms with Crippen molar-refractivity contribution in [3.05, 3.63) is 0 Å². The molecule has 0 aromatic carbocycles. The van der Waals surface area contributed by atoms with E-state index in [1.165, 1.54) is 0 Å². The summed E-state index contributed by atoms with van der Waals surface area (Å²) in [5.41, 5.74) is 0. The summed E-state index contributed by atoms with van der Waals surface area (Å²) in [4.78, 5) is 0. The second-order valence-corrected chi connectivity index (χ2v) is 4.95. The van der Waals surface area contributed by atoms with Crippen LogP contribution in [-0.2, 0) is 0 Å². The van der Waals surface area contributed by atoms with Crippen LogP contribution in [0, 0.1) is 0 Å². The van der Waals surface area contributed by atoms with Crippen LogP contribution in [-0.4, -0.2) is 29.8 Å². The van der Waals surface area contributed by atoms with E-state index in [-0.39, 0.29) is 6.04 Å². The summed E-state index contributed by atoms with van der Waals surface area (Å²) in [5, 5.41) is 3.03. The first-order valence-electron chi connectivity index (χ1n) is 4.88. The molecule has 1 nitrogen and oxygen atoms in total. The highest BCUT2D eigenvalue weighted by Gasteiger charge is 2.30. The number of thioether (sulfide) groups is 1. The molecule has 0 spiro atoms. The Morgan fingerprint density at radius 2 is 2.21 bits per heavy atom. The molecule has 1 heterocycles. The summed E-state index contributed by atoms with van der Waals surface area (Å²) in [6.07, 6.45) is -2.65. The van der Waals surface area contributed by atoms with Gasteiger partial charge < -0.3 is 5.32 Å². The van der Waals surface area contributed by atoms with Crippen molar-refractivity contribution in [1.82, 2.24) is 5.32 Å². The minimum absolute atomic E-state index is 0.270. The van der Waals surface area contributed by atoms with Crippen LogP contribution in [0.2, 0.25) is 0 Å². The first kappa shape index (κ1) is 12.2. The summed E-state index contributed by atoms with van der Waals surface area (Å²) in [5.74, 6) is 2.09. The van der Waals surface area contributed by atoms with Gasteiger partial charge in [0.1, 0.15) is 0 Å². The van der Waals surface area contributed by atoms with Gasteiger partial charge >= 0.3 is 6.18 Å². The van der Waals surface area contributed by atoms with E-state index in [2.05, 4.69) is 5.32 Å². The second-order valence-electron chi connectivity index (χ2n) is 3.80.